The molecular formula is C15H21FN2O3. The van der Waals surface area contributed by atoms with E-state index in [9.17, 15) is 9.18 Å². The first-order valence-electron chi connectivity index (χ1n) is 7.07. The molecule has 0 aromatic heterocycles. The number of hydrogen-bond donors (Lipinski definition) is 2. The molecule has 1 aliphatic heterocycles. The van der Waals surface area contributed by atoms with E-state index in [-0.39, 0.29) is 31.2 Å². The van der Waals surface area contributed by atoms with Crippen molar-refractivity contribution in [3.05, 3.63) is 35.1 Å². The van der Waals surface area contributed by atoms with E-state index in [0.717, 1.165) is 11.1 Å². The number of nitrogens with zero attached hydrogens (tertiary/aromatic N) is 1. The third-order valence-corrected chi connectivity index (χ3v) is 3.87. The van der Waals surface area contributed by atoms with E-state index in [1.165, 1.54) is 12.1 Å². The highest BCUT2D eigenvalue weighted by atomic mass is 19.1. The lowest BCUT2D eigenvalue weighted by atomic mass is 9.91. The van der Waals surface area contributed by atoms with Gasteiger partial charge in [-0.3, -0.25) is 0 Å². The first kappa shape index (κ1) is 15.7. The number of carbonyl (C=O) groups is 1. The number of piperidine rings is 1. The minimum Gasteiger partial charge on any atom is -0.394 e. The molecule has 2 unspecified atom stereocenters. The van der Waals surface area contributed by atoms with Crippen LogP contribution < -0.4 is 5.73 Å². The van der Waals surface area contributed by atoms with Crippen LogP contribution in [-0.4, -0.2) is 41.9 Å². The lowest BCUT2D eigenvalue weighted by Crippen LogP contribution is -2.46. The molecule has 1 fully saturated rings. The van der Waals surface area contributed by atoms with Crippen LogP contribution >= 0.6 is 0 Å². The number of aryl methyl sites for hydroxylation is 1. The minimum absolute atomic E-state index is 0.0315. The molecule has 1 aromatic carbocycles. The average Bonchev–Trinajstić information content (AvgIpc) is 2.44. The maximum absolute atomic E-state index is 13.3. The number of halogens is 1. The molecule has 2 atom stereocenters. The highest BCUT2D eigenvalue weighted by Crippen LogP contribution is 2.34. The standard InChI is InChI=1S/C15H21FN2O3/c1-10-8-11(16)2-3-13(10)14-9-12(21-7-6-19)4-5-18(14)15(17)20/h2-3,8,12,14,19H,4-7,9H2,1H3,(H2,17,20). The van der Waals surface area contributed by atoms with Gasteiger partial charge in [-0.25, -0.2) is 9.18 Å². The van der Waals surface area contributed by atoms with Crippen LogP contribution in [0.3, 0.4) is 0 Å². The Hall–Kier alpha value is -1.66. The van der Waals surface area contributed by atoms with E-state index in [4.69, 9.17) is 15.6 Å². The Labute approximate surface area is 123 Å². The molecule has 21 heavy (non-hydrogen) atoms. The van der Waals surface area contributed by atoms with Gasteiger partial charge in [0.05, 0.1) is 25.4 Å². The van der Waals surface area contributed by atoms with Crippen LogP contribution in [-0.2, 0) is 4.74 Å². The number of likely N-dealkylation sites (tertiary alicyclic amines) is 1. The smallest absolute Gasteiger partial charge is 0.315 e. The summed E-state index contributed by atoms with van der Waals surface area (Å²) in [5.41, 5.74) is 7.12. The second-order valence-corrected chi connectivity index (χ2v) is 5.29. The molecule has 0 bridgehead atoms. The molecule has 1 saturated heterocycles. The molecular weight excluding hydrogens is 275 g/mol. The minimum atomic E-state index is -0.482. The van der Waals surface area contributed by atoms with Crippen molar-refractivity contribution in [3.8, 4) is 0 Å². The molecule has 116 valence electrons. The van der Waals surface area contributed by atoms with Crippen LogP contribution in [0.1, 0.15) is 30.0 Å². The molecule has 2 amide bonds. The average molecular weight is 296 g/mol. The second-order valence-electron chi connectivity index (χ2n) is 5.29. The predicted molar refractivity (Wildman–Crippen MR) is 76.2 cm³/mol. The Bertz CT molecular complexity index is 510. The molecule has 1 aliphatic rings. The highest BCUT2D eigenvalue weighted by molar-refractivity contribution is 5.73. The lowest BCUT2D eigenvalue weighted by molar-refractivity contribution is -0.0176. The van der Waals surface area contributed by atoms with Gasteiger partial charge in [0, 0.05) is 6.54 Å². The van der Waals surface area contributed by atoms with Gasteiger partial charge in [0.2, 0.25) is 0 Å². The summed E-state index contributed by atoms with van der Waals surface area (Å²) in [6.07, 6.45) is 1.23. The van der Waals surface area contributed by atoms with Gasteiger partial charge in [0.15, 0.2) is 0 Å². The monoisotopic (exact) mass is 296 g/mol. The Kier molecular flexibility index (Phi) is 5.14. The number of primary amides is 1. The normalized spacial score (nSPS) is 22.3. The van der Waals surface area contributed by atoms with Crippen LogP contribution in [0.15, 0.2) is 18.2 Å². The summed E-state index contributed by atoms with van der Waals surface area (Å²) in [5.74, 6) is -0.300. The fourth-order valence-electron chi connectivity index (χ4n) is 2.88. The van der Waals surface area contributed by atoms with Crippen LogP contribution in [0.4, 0.5) is 9.18 Å². The number of urea groups is 1. The molecule has 3 N–H and O–H groups in total. The van der Waals surface area contributed by atoms with Crippen LogP contribution in [0.25, 0.3) is 0 Å². The van der Waals surface area contributed by atoms with E-state index in [0.29, 0.717) is 19.4 Å². The number of carbonyl (C=O) groups excluding carboxylic acids is 1. The van der Waals surface area contributed by atoms with E-state index in [1.54, 1.807) is 11.0 Å². The number of hydrogen-bond acceptors (Lipinski definition) is 3. The number of aliphatic hydroxyl groups excluding tert-OH is 1. The van der Waals surface area contributed by atoms with Gasteiger partial charge in [-0.15, -0.1) is 0 Å². The number of amides is 2. The van der Waals surface area contributed by atoms with Crippen molar-refractivity contribution in [1.82, 2.24) is 4.90 Å². The second kappa shape index (κ2) is 6.87. The zero-order valence-corrected chi connectivity index (χ0v) is 12.1. The van der Waals surface area contributed by atoms with Crippen molar-refractivity contribution in [1.29, 1.82) is 0 Å². The third kappa shape index (κ3) is 3.71. The zero-order valence-electron chi connectivity index (χ0n) is 12.1. The molecule has 1 heterocycles. The van der Waals surface area contributed by atoms with Crippen molar-refractivity contribution < 1.29 is 19.0 Å². The number of aliphatic hydroxyl groups is 1. The largest absolute Gasteiger partial charge is 0.394 e. The van der Waals surface area contributed by atoms with E-state index >= 15 is 0 Å². The predicted octanol–water partition coefficient (Wildman–Crippen LogP) is 1.73. The third-order valence-electron chi connectivity index (χ3n) is 3.87. The number of benzene rings is 1. The van der Waals surface area contributed by atoms with Gasteiger partial charge in [-0.1, -0.05) is 6.07 Å². The lowest BCUT2D eigenvalue weighted by Gasteiger charge is -2.39. The first-order chi connectivity index (χ1) is 10.0. The maximum Gasteiger partial charge on any atom is 0.315 e. The Morgan fingerprint density at radius 1 is 1.57 bits per heavy atom. The van der Waals surface area contributed by atoms with Gasteiger partial charge in [-0.05, 0) is 43.0 Å². The van der Waals surface area contributed by atoms with Crippen LogP contribution in [0.2, 0.25) is 0 Å². The van der Waals surface area contributed by atoms with Gasteiger partial charge in [0.1, 0.15) is 5.82 Å². The molecule has 6 heteroatoms. The summed E-state index contributed by atoms with van der Waals surface area (Å²) in [5, 5.41) is 8.84. The Balaban J connectivity index is 2.23. The maximum atomic E-state index is 13.3. The quantitative estimate of drug-likeness (QED) is 0.888. The van der Waals surface area contributed by atoms with Gasteiger partial charge < -0.3 is 20.5 Å². The van der Waals surface area contributed by atoms with Crippen molar-refractivity contribution in [2.45, 2.75) is 31.9 Å². The van der Waals surface area contributed by atoms with E-state index in [1.807, 2.05) is 6.92 Å². The van der Waals surface area contributed by atoms with Crippen molar-refractivity contribution >= 4 is 6.03 Å². The van der Waals surface area contributed by atoms with Crippen molar-refractivity contribution in [3.63, 3.8) is 0 Å². The summed E-state index contributed by atoms with van der Waals surface area (Å²) < 4.78 is 18.8. The van der Waals surface area contributed by atoms with Crippen LogP contribution in [0.5, 0.6) is 0 Å². The molecule has 0 aliphatic carbocycles. The Morgan fingerprint density at radius 2 is 2.33 bits per heavy atom. The fourth-order valence-corrected chi connectivity index (χ4v) is 2.88. The van der Waals surface area contributed by atoms with Gasteiger partial charge in [-0.2, -0.15) is 0 Å². The van der Waals surface area contributed by atoms with Gasteiger partial charge in [0.25, 0.3) is 0 Å². The molecule has 2 rings (SSSR count). The number of nitrogens with two attached hydrogens (primary N) is 1. The SMILES string of the molecule is Cc1cc(F)ccc1C1CC(OCCO)CCN1C(N)=O. The first-order valence-corrected chi connectivity index (χ1v) is 7.07. The van der Waals surface area contributed by atoms with Crippen molar-refractivity contribution in [2.24, 2.45) is 5.73 Å². The van der Waals surface area contributed by atoms with Gasteiger partial charge >= 0.3 is 6.03 Å². The van der Waals surface area contributed by atoms with E-state index < -0.39 is 6.03 Å². The van der Waals surface area contributed by atoms with E-state index in [2.05, 4.69) is 0 Å². The summed E-state index contributed by atoms with van der Waals surface area (Å²) in [6.45, 7) is 2.55. The summed E-state index contributed by atoms with van der Waals surface area (Å²) in [7, 11) is 0. The Morgan fingerprint density at radius 3 is 2.95 bits per heavy atom. The summed E-state index contributed by atoms with van der Waals surface area (Å²) in [4.78, 5) is 13.2. The molecule has 0 radical (unpaired) electrons. The topological polar surface area (TPSA) is 75.8 Å². The molecule has 1 aromatic rings. The zero-order chi connectivity index (χ0) is 15.4. The molecule has 0 saturated carbocycles. The molecule has 0 spiro atoms. The van der Waals surface area contributed by atoms with Crippen molar-refractivity contribution in [2.75, 3.05) is 19.8 Å². The fraction of sp³-hybridized carbons (Fsp3) is 0.533. The number of ether oxygens (including phenoxy) is 1. The summed E-state index contributed by atoms with van der Waals surface area (Å²) in [6, 6.07) is 3.83. The molecule has 5 nitrogen and oxygen atoms in total. The highest BCUT2D eigenvalue weighted by Gasteiger charge is 2.32. The summed E-state index contributed by atoms with van der Waals surface area (Å²) >= 11 is 0. The van der Waals surface area contributed by atoms with Crippen LogP contribution in [0, 0.1) is 12.7 Å². The number of rotatable bonds is 4.